The summed E-state index contributed by atoms with van der Waals surface area (Å²) in [6, 6.07) is 11.8. The highest BCUT2D eigenvalue weighted by Crippen LogP contribution is 2.33. The Hall–Kier alpha value is -2.71. The third-order valence-corrected chi connectivity index (χ3v) is 4.96. The largest absolute Gasteiger partial charge is 0.491 e. The van der Waals surface area contributed by atoms with Crippen LogP contribution in [-0.4, -0.2) is 20.1 Å². The van der Waals surface area contributed by atoms with Gasteiger partial charge in [0.1, 0.15) is 0 Å². The molecule has 1 aromatic heterocycles. The molecule has 0 saturated heterocycles. The molecule has 0 atom stereocenters. The summed E-state index contributed by atoms with van der Waals surface area (Å²) >= 11 is 0. The van der Waals surface area contributed by atoms with E-state index in [9.17, 15) is 17.2 Å². The van der Waals surface area contributed by atoms with Crippen LogP contribution in [-0.2, 0) is 10.0 Å². The summed E-state index contributed by atoms with van der Waals surface area (Å²) in [5, 5.41) is 5.30. The predicted octanol–water partition coefficient (Wildman–Crippen LogP) is 3.39. The van der Waals surface area contributed by atoms with E-state index in [0.717, 1.165) is 12.1 Å². The monoisotopic (exact) mass is 378 g/mol. The van der Waals surface area contributed by atoms with Crippen molar-refractivity contribution in [1.82, 2.24) is 4.57 Å². The summed E-state index contributed by atoms with van der Waals surface area (Å²) in [7, 11) is -2.80. The fourth-order valence-corrected chi connectivity index (χ4v) is 3.64. The van der Waals surface area contributed by atoms with Crippen molar-refractivity contribution in [3.8, 4) is 22.7 Å². The zero-order chi connectivity index (χ0) is 19.1. The molecule has 2 aromatic carbocycles. The molecule has 8 heteroatoms. The number of hydrogen-bond donors (Lipinski definition) is 1. The molecule has 136 valence electrons. The van der Waals surface area contributed by atoms with Crippen molar-refractivity contribution >= 4 is 10.0 Å². The Bertz CT molecular complexity index is 1070. The molecule has 0 unspecified atom stereocenters. The van der Waals surface area contributed by atoms with E-state index in [1.165, 1.54) is 13.2 Å². The fraction of sp³-hybridized carbons (Fsp3) is 0.111. The molecule has 5 nitrogen and oxygen atoms in total. The number of ether oxygens (including phenoxy) is 1. The zero-order valence-electron chi connectivity index (χ0n) is 14.0. The first-order valence-electron chi connectivity index (χ1n) is 7.58. The van der Waals surface area contributed by atoms with Crippen molar-refractivity contribution < 1.29 is 21.9 Å². The Balaban J connectivity index is 2.29. The third kappa shape index (κ3) is 3.09. The summed E-state index contributed by atoms with van der Waals surface area (Å²) in [5.74, 6) is -2.20. The maximum absolute atomic E-state index is 14.1. The lowest BCUT2D eigenvalue weighted by Crippen LogP contribution is -2.14. The summed E-state index contributed by atoms with van der Waals surface area (Å²) in [6.45, 7) is 1.74. The SMILES string of the molecule is COc1c(F)cc(-n2c(C)ccc2-c2ccccc2S(N)(=O)=O)cc1F. The van der Waals surface area contributed by atoms with Gasteiger partial charge in [-0.2, -0.15) is 0 Å². The topological polar surface area (TPSA) is 74.3 Å². The van der Waals surface area contributed by atoms with Crippen molar-refractivity contribution in [2.75, 3.05) is 7.11 Å². The summed E-state index contributed by atoms with van der Waals surface area (Å²) in [6.07, 6.45) is 0. The van der Waals surface area contributed by atoms with Crippen LogP contribution in [0.1, 0.15) is 5.69 Å². The summed E-state index contributed by atoms with van der Waals surface area (Å²) in [5.41, 5.74) is 1.63. The Morgan fingerprint density at radius 1 is 1.04 bits per heavy atom. The normalized spacial score (nSPS) is 11.6. The maximum Gasteiger partial charge on any atom is 0.238 e. The fourth-order valence-electron chi connectivity index (χ4n) is 2.89. The Morgan fingerprint density at radius 2 is 1.65 bits per heavy atom. The molecular weight excluding hydrogens is 362 g/mol. The molecule has 0 fully saturated rings. The van der Waals surface area contributed by atoms with Crippen LogP contribution in [0.15, 0.2) is 53.4 Å². The molecule has 0 aliphatic heterocycles. The second-order valence-corrected chi connectivity index (χ2v) is 7.21. The van der Waals surface area contributed by atoms with E-state index in [4.69, 9.17) is 9.88 Å². The van der Waals surface area contributed by atoms with E-state index in [0.29, 0.717) is 17.0 Å². The molecule has 0 bridgehead atoms. The van der Waals surface area contributed by atoms with Gasteiger partial charge in [-0.05, 0) is 25.1 Å². The molecule has 26 heavy (non-hydrogen) atoms. The minimum atomic E-state index is -3.98. The van der Waals surface area contributed by atoms with Gasteiger partial charge in [0.05, 0.1) is 23.4 Å². The van der Waals surface area contributed by atoms with Crippen LogP contribution in [0.4, 0.5) is 8.78 Å². The Labute approximate surface area is 149 Å². The third-order valence-electron chi connectivity index (χ3n) is 3.99. The number of benzene rings is 2. The molecule has 0 aliphatic carbocycles. The molecule has 0 saturated carbocycles. The number of sulfonamides is 1. The predicted molar refractivity (Wildman–Crippen MR) is 93.8 cm³/mol. The average Bonchev–Trinajstić information content (AvgIpc) is 2.95. The maximum atomic E-state index is 14.1. The summed E-state index contributed by atoms with van der Waals surface area (Å²) < 4.78 is 58.4. The van der Waals surface area contributed by atoms with E-state index in [1.807, 2.05) is 0 Å². The first-order valence-corrected chi connectivity index (χ1v) is 9.12. The van der Waals surface area contributed by atoms with E-state index in [-0.39, 0.29) is 10.6 Å². The van der Waals surface area contributed by atoms with Gasteiger partial charge in [0.15, 0.2) is 17.4 Å². The van der Waals surface area contributed by atoms with Crippen LogP contribution in [0.2, 0.25) is 0 Å². The number of nitrogens with zero attached hydrogens (tertiary/aromatic N) is 1. The van der Waals surface area contributed by atoms with Gasteiger partial charge in [0.2, 0.25) is 10.0 Å². The van der Waals surface area contributed by atoms with Crippen LogP contribution in [0.5, 0.6) is 5.75 Å². The van der Waals surface area contributed by atoms with Crippen molar-refractivity contribution in [3.63, 3.8) is 0 Å². The van der Waals surface area contributed by atoms with Gasteiger partial charge in [0, 0.05) is 23.4 Å². The number of rotatable bonds is 4. The lowest BCUT2D eigenvalue weighted by molar-refractivity contribution is 0.359. The molecular formula is C18H16F2N2O3S. The highest BCUT2D eigenvalue weighted by atomic mass is 32.2. The molecule has 3 rings (SSSR count). The lowest BCUT2D eigenvalue weighted by atomic mass is 10.1. The first kappa shape index (κ1) is 18.1. The van der Waals surface area contributed by atoms with Crippen molar-refractivity contribution in [3.05, 3.63) is 65.9 Å². The second kappa shape index (κ2) is 6.54. The molecule has 3 aromatic rings. The van der Waals surface area contributed by atoms with Crippen LogP contribution >= 0.6 is 0 Å². The van der Waals surface area contributed by atoms with E-state index >= 15 is 0 Å². The molecule has 0 amide bonds. The molecule has 0 radical (unpaired) electrons. The van der Waals surface area contributed by atoms with Gasteiger partial charge in [-0.1, -0.05) is 18.2 Å². The van der Waals surface area contributed by atoms with Crippen LogP contribution in [0, 0.1) is 18.6 Å². The number of primary sulfonamides is 1. The van der Waals surface area contributed by atoms with E-state index in [2.05, 4.69) is 0 Å². The highest BCUT2D eigenvalue weighted by molar-refractivity contribution is 7.89. The minimum Gasteiger partial charge on any atom is -0.491 e. The van der Waals surface area contributed by atoms with Crippen LogP contribution in [0.3, 0.4) is 0 Å². The van der Waals surface area contributed by atoms with E-state index in [1.54, 1.807) is 41.8 Å². The number of aryl methyl sites for hydroxylation is 1. The first-order chi connectivity index (χ1) is 12.2. The lowest BCUT2D eigenvalue weighted by Gasteiger charge is -2.15. The zero-order valence-corrected chi connectivity index (χ0v) is 14.8. The van der Waals surface area contributed by atoms with Crippen molar-refractivity contribution in [2.45, 2.75) is 11.8 Å². The smallest absolute Gasteiger partial charge is 0.238 e. The van der Waals surface area contributed by atoms with Gasteiger partial charge in [-0.25, -0.2) is 22.3 Å². The van der Waals surface area contributed by atoms with Gasteiger partial charge in [-0.15, -0.1) is 0 Å². The van der Waals surface area contributed by atoms with Crippen LogP contribution in [0.25, 0.3) is 16.9 Å². The van der Waals surface area contributed by atoms with Gasteiger partial charge >= 0.3 is 0 Å². The highest BCUT2D eigenvalue weighted by Gasteiger charge is 2.20. The van der Waals surface area contributed by atoms with E-state index < -0.39 is 27.4 Å². The Morgan fingerprint density at radius 3 is 2.23 bits per heavy atom. The number of aromatic nitrogens is 1. The van der Waals surface area contributed by atoms with Crippen molar-refractivity contribution in [1.29, 1.82) is 0 Å². The standard InChI is InChI=1S/C18H16F2N2O3S/c1-11-7-8-16(13-5-3-4-6-17(13)26(21,23)24)22(11)12-9-14(19)18(25-2)15(20)10-12/h3-10H,1-2H3,(H2,21,23,24). The molecule has 2 N–H and O–H groups in total. The Kier molecular flexibility index (Phi) is 4.55. The second-order valence-electron chi connectivity index (χ2n) is 5.68. The number of hydrogen-bond acceptors (Lipinski definition) is 3. The van der Waals surface area contributed by atoms with Gasteiger partial charge < -0.3 is 9.30 Å². The van der Waals surface area contributed by atoms with Gasteiger partial charge in [0.25, 0.3) is 0 Å². The number of halogens is 2. The number of methoxy groups -OCH3 is 1. The minimum absolute atomic E-state index is 0.0752. The molecule has 1 heterocycles. The molecule has 0 aliphatic rings. The number of nitrogens with two attached hydrogens (primary N) is 1. The molecule has 0 spiro atoms. The van der Waals surface area contributed by atoms with Gasteiger partial charge in [-0.3, -0.25) is 0 Å². The van der Waals surface area contributed by atoms with Crippen LogP contribution < -0.4 is 9.88 Å². The average molecular weight is 378 g/mol. The summed E-state index contributed by atoms with van der Waals surface area (Å²) in [4.78, 5) is -0.0752. The van der Waals surface area contributed by atoms with Crippen molar-refractivity contribution in [2.24, 2.45) is 5.14 Å². The quantitative estimate of drug-likeness (QED) is 0.756.